The number of anilines is 4. The van der Waals surface area contributed by atoms with Gasteiger partial charge in [-0.3, -0.25) is 19.4 Å². The number of hydrogen-bond acceptors (Lipinski definition) is 24. The molecule has 2 amide bonds. The molecule has 29 nitrogen and oxygen atoms in total. The van der Waals surface area contributed by atoms with E-state index in [1.165, 1.54) is 54.2 Å². The molecule has 1 atom stereocenters. The number of pyridine rings is 7. The molecule has 0 saturated heterocycles. The van der Waals surface area contributed by atoms with Crippen molar-refractivity contribution in [2.45, 2.75) is 275 Å². The fourth-order valence-corrected chi connectivity index (χ4v) is 31.8. The number of aryl methyl sites for hydroxylation is 3. The van der Waals surface area contributed by atoms with Gasteiger partial charge in [-0.25, -0.2) is 54.1 Å². The third-order valence-corrected chi connectivity index (χ3v) is 38.1. The van der Waals surface area contributed by atoms with Crippen LogP contribution in [0.5, 0.6) is 17.2 Å². The van der Waals surface area contributed by atoms with E-state index in [1.807, 2.05) is 87.2 Å². The lowest BCUT2D eigenvalue weighted by Crippen LogP contribution is -2.51. The zero-order valence-electron chi connectivity index (χ0n) is 89.3. The van der Waals surface area contributed by atoms with Gasteiger partial charge in [0.25, 0.3) is 0 Å². The highest BCUT2D eigenvalue weighted by Crippen LogP contribution is 2.48. The van der Waals surface area contributed by atoms with Crippen molar-refractivity contribution in [1.82, 2.24) is 48.3 Å². The number of aliphatic hydroxyl groups is 1. The van der Waals surface area contributed by atoms with E-state index in [-0.39, 0.29) is 47.2 Å². The predicted octanol–water partition coefficient (Wildman–Crippen LogP) is 27.0. The predicted molar refractivity (Wildman–Crippen MR) is 579 cm³/mol. The SMILES string of the molecule is CC(C)(C)OC(=O)OC(=O)OC(C)(C)C.COc1ccc(CN(C(=O)OC(C)(C)C)c2ccc(C(O)c3cn([Si](C(C)C)(C(C)C)C(C)C)c4ncc(C)cc34)c(F)n2)cc1.COc1ccc(CN(C(=O)OC(C)(C)C)c2ccc(C=O)c(F)n2)cc1.COc1ccc(CNc2ccc(C=O)c(F)n2)cc1.Cc1cnc2[nH]cc(Cc3ccc(N)nc3F)c2c1.Cc1cnc2c(c1)c(I)cn2[Si](C(C)C)(C(C)C)C(C)C. The molecule has 0 radical (unpaired) electrons. The summed E-state index contributed by atoms with van der Waals surface area (Å²) >= 11 is 2.47. The van der Waals surface area contributed by atoms with E-state index in [0.717, 1.165) is 61.2 Å². The number of hydrogen-bond donors (Lipinski definition) is 4. The zero-order valence-corrected chi connectivity index (χ0v) is 93.5. The second kappa shape index (κ2) is 51.2. The van der Waals surface area contributed by atoms with Crippen molar-refractivity contribution in [3.8, 4) is 17.2 Å². The van der Waals surface area contributed by atoms with Crippen LogP contribution < -0.4 is 35.1 Å². The first-order chi connectivity index (χ1) is 68.3. The Kier molecular flexibility index (Phi) is 41.4. The molecule has 0 spiro atoms. The highest BCUT2D eigenvalue weighted by Gasteiger charge is 2.48. The summed E-state index contributed by atoms with van der Waals surface area (Å²) in [7, 11) is 0.773. The van der Waals surface area contributed by atoms with Gasteiger partial charge in [0.1, 0.15) is 86.0 Å². The van der Waals surface area contributed by atoms with Gasteiger partial charge in [-0.1, -0.05) is 126 Å². The van der Waals surface area contributed by atoms with Crippen molar-refractivity contribution in [1.29, 1.82) is 0 Å². The number of amides is 2. The number of aliphatic hydroxyl groups excluding tert-OH is 1. The Balaban J connectivity index is 0.000000225. The van der Waals surface area contributed by atoms with E-state index >= 15 is 4.39 Å². The molecule has 784 valence electrons. The second-order valence-electron chi connectivity index (χ2n) is 41.2. The Morgan fingerprint density at radius 1 is 0.466 bits per heavy atom. The minimum Gasteiger partial charge on any atom is -0.497 e. The Morgan fingerprint density at radius 2 is 0.856 bits per heavy atom. The van der Waals surface area contributed by atoms with Crippen molar-refractivity contribution in [2.24, 2.45) is 0 Å². The van der Waals surface area contributed by atoms with Crippen molar-refractivity contribution in [2.75, 3.05) is 42.2 Å². The van der Waals surface area contributed by atoms with Crippen LogP contribution >= 0.6 is 22.6 Å². The van der Waals surface area contributed by atoms with E-state index in [9.17, 15) is 47.0 Å². The van der Waals surface area contributed by atoms with Gasteiger partial charge >= 0.3 is 24.5 Å². The van der Waals surface area contributed by atoms with Crippen molar-refractivity contribution in [3.05, 3.63) is 271 Å². The quantitative estimate of drug-likeness (QED) is 0.00572. The number of H-pyrrole nitrogens is 1. The lowest BCUT2D eigenvalue weighted by molar-refractivity contribution is -0.0295. The molecular weight excluding hydrogens is 2020 g/mol. The topological polar surface area (TPSA) is 357 Å². The number of halogens is 5. The van der Waals surface area contributed by atoms with Gasteiger partial charge in [-0.15, -0.1) is 0 Å². The van der Waals surface area contributed by atoms with Gasteiger partial charge in [-0.05, 0) is 296 Å². The number of aromatic nitrogens is 10. The summed E-state index contributed by atoms with van der Waals surface area (Å²) in [4.78, 5) is 104. The molecule has 13 aromatic rings. The first-order valence-electron chi connectivity index (χ1n) is 48.1. The van der Waals surface area contributed by atoms with Gasteiger partial charge in [0.15, 0.2) is 29.0 Å². The van der Waals surface area contributed by atoms with Crippen LogP contribution in [0.3, 0.4) is 0 Å². The minimum atomic E-state index is -2.26. The number of aromatic amines is 1. The van der Waals surface area contributed by atoms with Crippen LogP contribution in [0.4, 0.5) is 60.0 Å². The second-order valence-corrected chi connectivity index (χ2v) is 53.8. The van der Waals surface area contributed by atoms with Gasteiger partial charge in [0.05, 0.1) is 45.5 Å². The van der Waals surface area contributed by atoms with Crippen molar-refractivity contribution >= 4 is 133 Å². The highest BCUT2D eigenvalue weighted by atomic mass is 127. The molecule has 36 heteroatoms. The van der Waals surface area contributed by atoms with Crippen molar-refractivity contribution in [3.63, 3.8) is 0 Å². The summed E-state index contributed by atoms with van der Waals surface area (Å²) in [6.07, 6.45) is 8.40. The zero-order chi connectivity index (χ0) is 109. The molecule has 13 rings (SSSR count). The third kappa shape index (κ3) is 31.7. The molecule has 3 aromatic carbocycles. The Morgan fingerprint density at radius 3 is 1.26 bits per heavy atom. The maximum Gasteiger partial charge on any atom is 0.519 e. The molecule has 10 aromatic heterocycles. The standard InChI is InChI=1S/C36H49FN4O4Si.C19H21FN2O4.C17H27IN2Si.C14H13FN4.C14H13FN2O2.C10H18O5/c1-22(2)46(23(3)4,24(5)6)41-21-30(29-18-25(7)19-38-34(29)41)32(42)28-16-17-31(39-33(28)37)40(35(43)45-36(8,9)10)20-26-12-14-27(44-11)15-13-26;1-19(2,3)26-18(24)22(11-13-5-8-15(25-4)9-6-13)16-10-7-14(12-23)17(20)21-16;1-11(2)21(12(3)4,13(5)6)20-10-16(18)15-8-14(7)9-19-17(15)20;1-8-4-11-10(7-18-14(11)17-6-8)5-9-2-3-12(16)19-13(9)15;1-19-12-5-2-10(3-6-12)8-16-13-7-4-11(9-18)14(15)17-13;1-9(2,3)14-7(11)13-8(12)15-10(4,5)6/h12-19,21-24,32,42H,20H2,1-11H3;5-10,12H,11H2,1-4H3;8-13H,1-7H3;2-4,6-7H,5H2,1H3,(H2,16,19)(H,17,18);2-7,9H,8H2,1H3,(H,16,17);1-6H3. The average molecular weight is 2160 g/mol. The smallest absolute Gasteiger partial charge is 0.497 e. The van der Waals surface area contributed by atoms with E-state index in [4.69, 9.17) is 48.9 Å². The molecule has 10 heterocycles. The molecule has 0 fully saturated rings. The van der Waals surface area contributed by atoms with E-state index in [0.29, 0.717) is 87.2 Å². The maximum atomic E-state index is 16.0. The molecule has 1 unspecified atom stereocenters. The molecule has 0 aliphatic rings. The molecular formula is C110H141F4IN14O15Si2. The van der Waals surface area contributed by atoms with Crippen LogP contribution in [0.2, 0.25) is 33.2 Å². The first kappa shape index (κ1) is 118. The van der Waals surface area contributed by atoms with E-state index in [2.05, 4.69) is 173 Å². The number of aldehydes is 2. The van der Waals surface area contributed by atoms with Crippen LogP contribution in [0.1, 0.15) is 249 Å². The van der Waals surface area contributed by atoms with Crippen LogP contribution in [0.25, 0.3) is 33.1 Å². The number of nitrogens with zero attached hydrogens (tertiary/aromatic N) is 11. The minimum absolute atomic E-state index is 0.0174. The molecule has 0 saturated carbocycles. The number of nitrogens with one attached hydrogen (secondary N) is 2. The Bertz CT molecular complexity index is 6540. The number of methoxy groups -OCH3 is 3. The number of rotatable bonds is 26. The first-order valence-corrected chi connectivity index (χ1v) is 53.6. The summed E-state index contributed by atoms with van der Waals surface area (Å²) in [6, 6.07) is 40.1. The molecule has 146 heavy (non-hydrogen) atoms. The Hall–Kier alpha value is -13.2. The number of nitrogens with two attached hydrogens (primary N) is 1. The number of benzene rings is 3. The largest absolute Gasteiger partial charge is 0.519 e. The summed E-state index contributed by atoms with van der Waals surface area (Å²) in [6.45, 7) is 55.4. The normalized spacial score (nSPS) is 11.9. The Labute approximate surface area is 869 Å². The summed E-state index contributed by atoms with van der Waals surface area (Å²) in [5.74, 6) is -0.253. The monoisotopic (exact) mass is 2160 g/mol. The van der Waals surface area contributed by atoms with Gasteiger partial charge in [-0.2, -0.15) is 17.6 Å². The average Bonchev–Trinajstić information content (AvgIpc) is 1.57. The van der Waals surface area contributed by atoms with Gasteiger partial charge < -0.3 is 67.5 Å². The number of fused-ring (bicyclic) bond motifs is 3. The summed E-state index contributed by atoms with van der Waals surface area (Å²) < 4.78 is 103. The lowest BCUT2D eigenvalue weighted by atomic mass is 10.0. The van der Waals surface area contributed by atoms with Gasteiger partial charge in [0.2, 0.25) is 23.8 Å². The van der Waals surface area contributed by atoms with Crippen LogP contribution in [0.15, 0.2) is 177 Å². The van der Waals surface area contributed by atoms with Crippen LogP contribution in [-0.4, -0.2) is 151 Å². The van der Waals surface area contributed by atoms with Crippen LogP contribution in [-0.2, 0) is 49.7 Å². The lowest BCUT2D eigenvalue weighted by Gasteiger charge is -2.44. The number of nitrogen functional groups attached to an aromatic ring is 1. The van der Waals surface area contributed by atoms with Crippen molar-refractivity contribution < 1.29 is 89.3 Å². The highest BCUT2D eigenvalue weighted by molar-refractivity contribution is 14.1. The molecule has 0 bridgehead atoms. The fraction of sp³-hybridized carbons (Fsp3) is 0.409. The fourth-order valence-electron chi connectivity index (χ4n) is 17.8. The molecule has 5 N–H and O–H groups in total. The summed E-state index contributed by atoms with van der Waals surface area (Å²) in [5.41, 5.74) is 16.3. The van der Waals surface area contributed by atoms with E-state index < -0.39 is 93.3 Å². The van der Waals surface area contributed by atoms with Crippen LogP contribution in [0, 0.1) is 48.1 Å². The maximum absolute atomic E-state index is 16.0. The third-order valence-electron chi connectivity index (χ3n) is 23.8. The van der Waals surface area contributed by atoms with E-state index in [1.54, 1.807) is 171 Å². The van der Waals surface area contributed by atoms with Gasteiger partial charge in [0, 0.05) is 86.6 Å². The molecule has 0 aliphatic heterocycles. The molecule has 0 aliphatic carbocycles. The number of carbonyl (C=O) groups is 6. The number of ether oxygens (including phenoxy) is 8. The summed E-state index contributed by atoms with van der Waals surface area (Å²) in [5, 5.41) is 17.9. The number of carbonyl (C=O) groups excluding carboxylic acids is 6.